The Balaban J connectivity index is 2.20. The van der Waals surface area contributed by atoms with Crippen LogP contribution >= 0.6 is 0 Å². The van der Waals surface area contributed by atoms with E-state index in [4.69, 9.17) is 4.74 Å². The summed E-state index contributed by atoms with van der Waals surface area (Å²) in [6, 6.07) is 2.32. The number of anilines is 1. The van der Waals surface area contributed by atoms with Gasteiger partial charge in [0.05, 0.1) is 5.69 Å². The maximum Gasteiger partial charge on any atom is 0.411 e. The SMILES string of the molecule is CC(C)(C)OC(=O)N1CCN(c2cccnc2C=O)C[C@H]1C(=O)O. The normalized spacial score (nSPS) is 18.2. The second-order valence-corrected chi connectivity index (χ2v) is 6.50. The Morgan fingerprint density at radius 3 is 2.67 bits per heavy atom. The molecule has 130 valence electrons. The fourth-order valence-electron chi connectivity index (χ4n) is 2.52. The molecular formula is C16H21N3O5. The van der Waals surface area contributed by atoms with E-state index in [0.717, 1.165) is 0 Å². The van der Waals surface area contributed by atoms with Crippen LogP contribution in [0.1, 0.15) is 31.3 Å². The maximum atomic E-state index is 12.2. The number of carboxylic acid groups (broad SMARTS) is 1. The molecule has 1 aliphatic rings. The molecule has 8 nitrogen and oxygen atoms in total. The van der Waals surface area contributed by atoms with Gasteiger partial charge in [0.2, 0.25) is 0 Å². The molecule has 1 amide bonds. The van der Waals surface area contributed by atoms with E-state index >= 15 is 0 Å². The lowest BCUT2D eigenvalue weighted by atomic mass is 10.1. The zero-order chi connectivity index (χ0) is 17.9. The summed E-state index contributed by atoms with van der Waals surface area (Å²) in [6.45, 7) is 5.80. The minimum absolute atomic E-state index is 0.0567. The molecular weight excluding hydrogens is 314 g/mol. The van der Waals surface area contributed by atoms with E-state index < -0.39 is 23.7 Å². The lowest BCUT2D eigenvalue weighted by Gasteiger charge is -2.40. The topological polar surface area (TPSA) is 100 Å². The van der Waals surface area contributed by atoms with Crippen LogP contribution in [0.4, 0.5) is 10.5 Å². The van der Waals surface area contributed by atoms with Gasteiger partial charge in [0.25, 0.3) is 0 Å². The standard InChI is InChI=1S/C16H21N3O5/c1-16(2,3)24-15(23)19-8-7-18(9-13(19)14(21)22)12-5-4-6-17-11(12)10-20/h4-6,10,13H,7-9H2,1-3H3,(H,21,22)/t13-/m0/s1. The van der Waals surface area contributed by atoms with Crippen LogP contribution in [0.2, 0.25) is 0 Å². The Kier molecular flexibility index (Phi) is 5.06. The molecule has 0 bridgehead atoms. The van der Waals surface area contributed by atoms with Gasteiger partial charge < -0.3 is 14.7 Å². The molecule has 1 saturated heterocycles. The molecule has 0 spiro atoms. The van der Waals surface area contributed by atoms with Gasteiger partial charge >= 0.3 is 12.1 Å². The number of amides is 1. The van der Waals surface area contributed by atoms with Crippen molar-refractivity contribution in [3.05, 3.63) is 24.0 Å². The highest BCUT2D eigenvalue weighted by molar-refractivity contribution is 5.84. The predicted octanol–water partition coefficient (Wildman–Crippen LogP) is 1.40. The van der Waals surface area contributed by atoms with Gasteiger partial charge in [-0.3, -0.25) is 14.7 Å². The van der Waals surface area contributed by atoms with Gasteiger partial charge in [-0.25, -0.2) is 9.59 Å². The number of rotatable bonds is 3. The number of nitrogens with zero attached hydrogens (tertiary/aromatic N) is 3. The van der Waals surface area contributed by atoms with Crippen molar-refractivity contribution < 1.29 is 24.2 Å². The number of ether oxygens (including phenoxy) is 1. The lowest BCUT2D eigenvalue weighted by molar-refractivity contribution is -0.143. The number of carbonyl (C=O) groups excluding carboxylic acids is 2. The van der Waals surface area contributed by atoms with Crippen LogP contribution in [-0.2, 0) is 9.53 Å². The van der Waals surface area contributed by atoms with Crippen LogP contribution in [0.5, 0.6) is 0 Å². The van der Waals surface area contributed by atoms with Crippen LogP contribution in [0.25, 0.3) is 0 Å². The van der Waals surface area contributed by atoms with E-state index in [-0.39, 0.29) is 18.8 Å². The quantitative estimate of drug-likeness (QED) is 0.833. The Morgan fingerprint density at radius 2 is 2.08 bits per heavy atom. The number of aldehydes is 1. The highest BCUT2D eigenvalue weighted by atomic mass is 16.6. The first kappa shape index (κ1) is 17.7. The van der Waals surface area contributed by atoms with Gasteiger partial charge in [0, 0.05) is 25.8 Å². The van der Waals surface area contributed by atoms with Gasteiger partial charge in [-0.1, -0.05) is 0 Å². The van der Waals surface area contributed by atoms with Gasteiger partial charge in [0.15, 0.2) is 6.29 Å². The molecule has 0 unspecified atom stereocenters. The molecule has 1 aliphatic heterocycles. The third-order valence-corrected chi connectivity index (χ3v) is 3.56. The molecule has 1 aromatic heterocycles. The average molecular weight is 335 g/mol. The van der Waals surface area contributed by atoms with Crippen molar-refractivity contribution in [2.45, 2.75) is 32.4 Å². The number of carbonyl (C=O) groups is 3. The van der Waals surface area contributed by atoms with Crippen LogP contribution in [0.15, 0.2) is 18.3 Å². The van der Waals surface area contributed by atoms with E-state index in [9.17, 15) is 19.5 Å². The van der Waals surface area contributed by atoms with Crippen molar-refractivity contribution in [2.24, 2.45) is 0 Å². The number of carboxylic acids is 1. The Hall–Kier alpha value is -2.64. The summed E-state index contributed by atoms with van der Waals surface area (Å²) < 4.78 is 5.28. The van der Waals surface area contributed by atoms with Crippen molar-refractivity contribution in [1.82, 2.24) is 9.88 Å². The highest BCUT2D eigenvalue weighted by Gasteiger charge is 2.38. The molecule has 0 aliphatic carbocycles. The minimum atomic E-state index is -1.12. The predicted molar refractivity (Wildman–Crippen MR) is 86.2 cm³/mol. The van der Waals surface area contributed by atoms with Crippen molar-refractivity contribution in [1.29, 1.82) is 0 Å². The fraction of sp³-hybridized carbons (Fsp3) is 0.500. The molecule has 1 aromatic rings. The molecule has 1 atom stereocenters. The number of hydrogen-bond donors (Lipinski definition) is 1. The van der Waals surface area contributed by atoms with E-state index in [0.29, 0.717) is 18.5 Å². The largest absolute Gasteiger partial charge is 0.480 e. The third-order valence-electron chi connectivity index (χ3n) is 3.56. The summed E-state index contributed by atoms with van der Waals surface area (Å²) in [4.78, 5) is 41.9. The van der Waals surface area contributed by atoms with Crippen molar-refractivity contribution in [2.75, 3.05) is 24.5 Å². The Bertz CT molecular complexity index is 641. The highest BCUT2D eigenvalue weighted by Crippen LogP contribution is 2.23. The fourth-order valence-corrected chi connectivity index (χ4v) is 2.52. The maximum absolute atomic E-state index is 12.2. The monoisotopic (exact) mass is 335 g/mol. The number of aromatic nitrogens is 1. The zero-order valence-electron chi connectivity index (χ0n) is 13.9. The van der Waals surface area contributed by atoms with Crippen LogP contribution in [0.3, 0.4) is 0 Å². The summed E-state index contributed by atoms with van der Waals surface area (Å²) in [5.74, 6) is -1.12. The van der Waals surface area contributed by atoms with Crippen LogP contribution in [0, 0.1) is 0 Å². The van der Waals surface area contributed by atoms with Gasteiger partial charge in [-0.05, 0) is 32.9 Å². The van der Waals surface area contributed by atoms with Gasteiger partial charge in [-0.15, -0.1) is 0 Å². The average Bonchev–Trinajstić information content (AvgIpc) is 2.52. The molecule has 1 N–H and O–H groups in total. The molecule has 1 fully saturated rings. The summed E-state index contributed by atoms with van der Waals surface area (Å²) in [5.41, 5.74) is 0.0978. The van der Waals surface area contributed by atoms with E-state index in [1.54, 1.807) is 37.8 Å². The Labute approximate surface area is 140 Å². The lowest BCUT2D eigenvalue weighted by Crippen LogP contribution is -2.59. The van der Waals surface area contributed by atoms with Gasteiger partial charge in [0.1, 0.15) is 17.3 Å². The molecule has 2 rings (SSSR count). The van der Waals surface area contributed by atoms with E-state index in [1.807, 2.05) is 0 Å². The molecule has 8 heteroatoms. The number of piperazine rings is 1. The van der Waals surface area contributed by atoms with Crippen molar-refractivity contribution in [3.63, 3.8) is 0 Å². The minimum Gasteiger partial charge on any atom is -0.480 e. The smallest absolute Gasteiger partial charge is 0.411 e. The van der Waals surface area contributed by atoms with Gasteiger partial charge in [-0.2, -0.15) is 0 Å². The first-order valence-corrected chi connectivity index (χ1v) is 7.60. The van der Waals surface area contributed by atoms with Crippen molar-refractivity contribution in [3.8, 4) is 0 Å². The molecule has 2 heterocycles. The molecule has 0 saturated carbocycles. The summed E-state index contributed by atoms with van der Waals surface area (Å²) in [7, 11) is 0. The Morgan fingerprint density at radius 1 is 1.38 bits per heavy atom. The van der Waals surface area contributed by atoms with E-state index in [2.05, 4.69) is 4.98 Å². The summed E-state index contributed by atoms with van der Waals surface area (Å²) in [6.07, 6.45) is 1.47. The third kappa shape index (κ3) is 4.01. The first-order valence-electron chi connectivity index (χ1n) is 7.60. The molecule has 0 aromatic carbocycles. The zero-order valence-corrected chi connectivity index (χ0v) is 13.9. The second-order valence-electron chi connectivity index (χ2n) is 6.50. The second kappa shape index (κ2) is 6.86. The molecule has 0 radical (unpaired) electrons. The van der Waals surface area contributed by atoms with E-state index in [1.165, 1.54) is 11.1 Å². The number of aliphatic carboxylic acids is 1. The van der Waals surface area contributed by atoms with Crippen LogP contribution < -0.4 is 4.90 Å². The number of pyridine rings is 1. The summed E-state index contributed by atoms with van der Waals surface area (Å²) in [5, 5.41) is 9.49. The van der Waals surface area contributed by atoms with Crippen LogP contribution in [-0.4, -0.2) is 64.6 Å². The first-order chi connectivity index (χ1) is 11.2. The summed E-state index contributed by atoms with van der Waals surface area (Å²) >= 11 is 0. The molecule has 24 heavy (non-hydrogen) atoms. The number of hydrogen-bond acceptors (Lipinski definition) is 6. The van der Waals surface area contributed by atoms with Crippen molar-refractivity contribution >= 4 is 24.0 Å².